The number of fused-ring (bicyclic) bond motifs is 3. The standard InChI is InChI=1S/C14H13NO3/c1-6-3-7(2)11-8-5-10(16)13(17)14(18)12(8)15-9(11)4-6/h3-5,15-18H,1-2H3. The number of hydrogen-bond acceptors (Lipinski definition) is 3. The highest BCUT2D eigenvalue weighted by Gasteiger charge is 2.16. The molecule has 4 heteroatoms. The highest BCUT2D eigenvalue weighted by atomic mass is 16.3. The van der Waals surface area contributed by atoms with Gasteiger partial charge >= 0.3 is 0 Å². The lowest BCUT2D eigenvalue weighted by Gasteiger charge is -2.02. The van der Waals surface area contributed by atoms with Crippen LogP contribution in [0.5, 0.6) is 17.2 Å². The number of phenolic OH excluding ortho intramolecular Hbond substituents is 3. The van der Waals surface area contributed by atoms with Crippen molar-refractivity contribution < 1.29 is 15.3 Å². The Morgan fingerprint density at radius 3 is 2.39 bits per heavy atom. The van der Waals surface area contributed by atoms with Crippen LogP contribution in [0.4, 0.5) is 0 Å². The molecule has 1 heterocycles. The third-order valence-corrected chi connectivity index (χ3v) is 3.26. The van der Waals surface area contributed by atoms with Crippen molar-refractivity contribution in [2.45, 2.75) is 13.8 Å². The molecule has 0 aliphatic heterocycles. The molecule has 0 fully saturated rings. The average Bonchev–Trinajstić information content (AvgIpc) is 2.64. The summed E-state index contributed by atoms with van der Waals surface area (Å²) in [6.07, 6.45) is 0. The summed E-state index contributed by atoms with van der Waals surface area (Å²) in [7, 11) is 0. The van der Waals surface area contributed by atoms with Gasteiger partial charge in [0.2, 0.25) is 5.75 Å². The molecule has 0 saturated carbocycles. The number of aromatic hydroxyl groups is 3. The first kappa shape index (κ1) is 10.8. The minimum atomic E-state index is -0.497. The van der Waals surface area contributed by atoms with Crippen molar-refractivity contribution in [3.05, 3.63) is 29.3 Å². The van der Waals surface area contributed by atoms with Crippen LogP contribution in [0.1, 0.15) is 11.1 Å². The molecule has 92 valence electrons. The lowest BCUT2D eigenvalue weighted by atomic mass is 10.0. The van der Waals surface area contributed by atoms with Crippen LogP contribution in [0.3, 0.4) is 0 Å². The maximum absolute atomic E-state index is 9.86. The fraction of sp³-hybridized carbons (Fsp3) is 0.143. The summed E-state index contributed by atoms with van der Waals surface area (Å²) in [4.78, 5) is 3.07. The Bertz CT molecular complexity index is 787. The molecule has 0 atom stereocenters. The fourth-order valence-corrected chi connectivity index (χ4v) is 2.53. The third kappa shape index (κ3) is 1.26. The van der Waals surface area contributed by atoms with Crippen molar-refractivity contribution >= 4 is 21.8 Å². The third-order valence-electron chi connectivity index (χ3n) is 3.26. The second-order valence-electron chi connectivity index (χ2n) is 4.64. The molecule has 0 spiro atoms. The Kier molecular flexibility index (Phi) is 1.99. The van der Waals surface area contributed by atoms with E-state index in [1.165, 1.54) is 6.07 Å². The van der Waals surface area contributed by atoms with Crippen molar-refractivity contribution in [2.24, 2.45) is 0 Å². The van der Waals surface area contributed by atoms with E-state index in [1.54, 1.807) is 0 Å². The van der Waals surface area contributed by atoms with Crippen LogP contribution >= 0.6 is 0 Å². The summed E-state index contributed by atoms with van der Waals surface area (Å²) in [6, 6.07) is 5.47. The molecular formula is C14H13NO3. The number of aryl methyl sites for hydroxylation is 2. The van der Waals surface area contributed by atoms with Gasteiger partial charge in [0.1, 0.15) is 0 Å². The van der Waals surface area contributed by atoms with Gasteiger partial charge in [0.05, 0.1) is 5.52 Å². The molecule has 0 radical (unpaired) electrons. The maximum Gasteiger partial charge on any atom is 0.202 e. The van der Waals surface area contributed by atoms with Crippen molar-refractivity contribution in [1.29, 1.82) is 0 Å². The van der Waals surface area contributed by atoms with Gasteiger partial charge in [0.15, 0.2) is 11.5 Å². The topological polar surface area (TPSA) is 76.5 Å². The van der Waals surface area contributed by atoms with E-state index in [2.05, 4.69) is 4.98 Å². The van der Waals surface area contributed by atoms with E-state index >= 15 is 0 Å². The first-order valence-corrected chi connectivity index (χ1v) is 5.65. The molecular weight excluding hydrogens is 230 g/mol. The number of phenols is 3. The molecule has 0 saturated heterocycles. The Morgan fingerprint density at radius 1 is 0.944 bits per heavy atom. The molecule has 0 amide bonds. The van der Waals surface area contributed by atoms with Crippen LogP contribution < -0.4 is 0 Å². The summed E-state index contributed by atoms with van der Waals surface area (Å²) in [6.45, 7) is 3.97. The van der Waals surface area contributed by atoms with Gasteiger partial charge in [0, 0.05) is 16.3 Å². The second kappa shape index (κ2) is 3.32. The number of H-pyrrole nitrogens is 1. The zero-order chi connectivity index (χ0) is 13.0. The molecule has 0 aliphatic carbocycles. The number of aromatic nitrogens is 1. The zero-order valence-electron chi connectivity index (χ0n) is 10.1. The van der Waals surface area contributed by atoms with Crippen LogP contribution in [-0.4, -0.2) is 20.3 Å². The van der Waals surface area contributed by atoms with Crippen LogP contribution in [0.25, 0.3) is 21.8 Å². The van der Waals surface area contributed by atoms with Gasteiger partial charge in [-0.1, -0.05) is 6.07 Å². The van der Waals surface area contributed by atoms with E-state index in [0.29, 0.717) is 10.9 Å². The van der Waals surface area contributed by atoms with Gasteiger partial charge in [-0.15, -0.1) is 0 Å². The van der Waals surface area contributed by atoms with Crippen molar-refractivity contribution in [1.82, 2.24) is 4.98 Å². The van der Waals surface area contributed by atoms with Crippen LogP contribution in [0, 0.1) is 13.8 Å². The summed E-state index contributed by atoms with van der Waals surface area (Å²) >= 11 is 0. The number of rotatable bonds is 0. The Morgan fingerprint density at radius 2 is 1.67 bits per heavy atom. The molecule has 3 aromatic rings. The molecule has 4 nitrogen and oxygen atoms in total. The van der Waals surface area contributed by atoms with Gasteiger partial charge in [-0.05, 0) is 37.1 Å². The largest absolute Gasteiger partial charge is 0.504 e. The van der Waals surface area contributed by atoms with Crippen molar-refractivity contribution in [3.63, 3.8) is 0 Å². The monoisotopic (exact) mass is 243 g/mol. The van der Waals surface area contributed by atoms with Crippen LogP contribution in [0.2, 0.25) is 0 Å². The van der Waals surface area contributed by atoms with Crippen LogP contribution in [0.15, 0.2) is 18.2 Å². The van der Waals surface area contributed by atoms with Gasteiger partial charge in [0.25, 0.3) is 0 Å². The normalized spacial score (nSPS) is 11.4. The molecule has 0 bridgehead atoms. The smallest absolute Gasteiger partial charge is 0.202 e. The first-order chi connectivity index (χ1) is 8.49. The van der Waals surface area contributed by atoms with Gasteiger partial charge in [-0.3, -0.25) is 0 Å². The summed E-state index contributed by atoms with van der Waals surface area (Å²) in [5.41, 5.74) is 3.48. The Balaban J connectivity index is 2.60. The van der Waals surface area contributed by atoms with Gasteiger partial charge in [-0.25, -0.2) is 0 Å². The van der Waals surface area contributed by atoms with E-state index in [-0.39, 0.29) is 11.5 Å². The number of aromatic amines is 1. The fourth-order valence-electron chi connectivity index (χ4n) is 2.53. The van der Waals surface area contributed by atoms with Crippen molar-refractivity contribution in [2.75, 3.05) is 0 Å². The summed E-state index contributed by atoms with van der Waals surface area (Å²) in [5.74, 6) is -1.14. The van der Waals surface area contributed by atoms with E-state index in [0.717, 1.165) is 22.0 Å². The minimum absolute atomic E-state index is 0.319. The summed E-state index contributed by atoms with van der Waals surface area (Å²) in [5, 5.41) is 30.6. The average molecular weight is 243 g/mol. The highest BCUT2D eigenvalue weighted by Crippen LogP contribution is 2.43. The zero-order valence-corrected chi connectivity index (χ0v) is 10.1. The maximum atomic E-state index is 9.86. The quantitative estimate of drug-likeness (QED) is 0.458. The van der Waals surface area contributed by atoms with E-state index in [1.807, 2.05) is 26.0 Å². The molecule has 4 N–H and O–H groups in total. The first-order valence-electron chi connectivity index (χ1n) is 5.65. The number of benzene rings is 2. The predicted octanol–water partition coefficient (Wildman–Crippen LogP) is 3.05. The SMILES string of the molecule is Cc1cc(C)c2c(c1)[nH]c1c(O)c(O)c(O)cc12. The molecule has 18 heavy (non-hydrogen) atoms. The number of hydrogen-bond donors (Lipinski definition) is 4. The summed E-state index contributed by atoms with van der Waals surface area (Å²) < 4.78 is 0. The second-order valence-corrected chi connectivity index (χ2v) is 4.64. The van der Waals surface area contributed by atoms with E-state index < -0.39 is 5.75 Å². The number of nitrogens with one attached hydrogen (secondary N) is 1. The van der Waals surface area contributed by atoms with Gasteiger partial charge in [-0.2, -0.15) is 0 Å². The predicted molar refractivity (Wildman–Crippen MR) is 70.3 cm³/mol. The minimum Gasteiger partial charge on any atom is -0.504 e. The lowest BCUT2D eigenvalue weighted by molar-refractivity contribution is 0.371. The molecule has 0 aliphatic rings. The molecule has 1 aromatic heterocycles. The van der Waals surface area contributed by atoms with Crippen molar-refractivity contribution in [3.8, 4) is 17.2 Å². The molecule has 0 unspecified atom stereocenters. The lowest BCUT2D eigenvalue weighted by Crippen LogP contribution is -1.78. The van der Waals surface area contributed by atoms with E-state index in [9.17, 15) is 15.3 Å². The van der Waals surface area contributed by atoms with E-state index in [4.69, 9.17) is 0 Å². The molecule has 3 rings (SSSR count). The Labute approximate surface area is 103 Å². The van der Waals surface area contributed by atoms with Gasteiger partial charge < -0.3 is 20.3 Å². The molecule has 2 aromatic carbocycles. The highest BCUT2D eigenvalue weighted by molar-refractivity contribution is 6.12. The van der Waals surface area contributed by atoms with Crippen LogP contribution in [-0.2, 0) is 0 Å². The Hall–Kier alpha value is -2.36.